The highest BCUT2D eigenvalue weighted by Crippen LogP contribution is 2.15. The van der Waals surface area contributed by atoms with Crippen LogP contribution in [0.3, 0.4) is 0 Å². The van der Waals surface area contributed by atoms with Gasteiger partial charge in [0, 0.05) is 6.08 Å². The molecule has 2 nitrogen and oxygen atoms in total. The average molecular weight is 264 g/mol. The van der Waals surface area contributed by atoms with Gasteiger partial charge in [0.05, 0.1) is 6.61 Å². The molecule has 0 saturated carbocycles. The van der Waals surface area contributed by atoms with Crippen LogP contribution >= 0.6 is 0 Å². The Morgan fingerprint density at radius 1 is 1.37 bits per heavy atom. The quantitative estimate of drug-likeness (QED) is 0.258. The number of rotatable bonds is 9. The lowest BCUT2D eigenvalue weighted by atomic mass is 9.98. The summed E-state index contributed by atoms with van der Waals surface area (Å²) in [5.41, 5.74) is 2.20. The van der Waals surface area contributed by atoms with Gasteiger partial charge in [-0.25, -0.2) is 4.79 Å². The monoisotopic (exact) mass is 264 g/mol. The maximum Gasteiger partial charge on any atom is 0.330 e. The molecule has 1 atom stereocenters. The van der Waals surface area contributed by atoms with E-state index in [2.05, 4.69) is 26.5 Å². The van der Waals surface area contributed by atoms with Crippen LogP contribution in [-0.4, -0.2) is 12.6 Å². The first kappa shape index (κ1) is 17.7. The van der Waals surface area contributed by atoms with Gasteiger partial charge in [-0.2, -0.15) is 0 Å². The molecule has 0 radical (unpaired) electrons. The molecule has 108 valence electrons. The molecule has 19 heavy (non-hydrogen) atoms. The van der Waals surface area contributed by atoms with Crippen molar-refractivity contribution in [2.24, 2.45) is 5.92 Å². The Morgan fingerprint density at radius 2 is 2.05 bits per heavy atom. The maximum atomic E-state index is 11.2. The molecule has 0 N–H and O–H groups in total. The van der Waals surface area contributed by atoms with Crippen LogP contribution in [0.1, 0.15) is 53.4 Å². The third kappa shape index (κ3) is 11.5. The van der Waals surface area contributed by atoms with Gasteiger partial charge in [0.1, 0.15) is 0 Å². The standard InChI is InChI=1S/C17H28O2/c1-6-19-17(18)13-16(5)12-8-11-15(4)10-7-9-14(2)3/h8,12-13,15H,2,6-7,9-11H2,1,3-5H3. The molecule has 0 aliphatic carbocycles. The summed E-state index contributed by atoms with van der Waals surface area (Å²) in [5.74, 6) is 0.408. The highest BCUT2D eigenvalue weighted by molar-refractivity contribution is 5.83. The predicted molar refractivity (Wildman–Crippen MR) is 82.0 cm³/mol. The molecule has 0 saturated heterocycles. The Kier molecular flexibility index (Phi) is 9.87. The van der Waals surface area contributed by atoms with Crippen LogP contribution in [0.2, 0.25) is 0 Å². The number of esters is 1. The smallest absolute Gasteiger partial charge is 0.330 e. The fourth-order valence-electron chi connectivity index (χ4n) is 1.77. The Labute approximate surface area is 118 Å². The summed E-state index contributed by atoms with van der Waals surface area (Å²) in [4.78, 5) is 11.2. The SMILES string of the molecule is C=C(C)CCCC(C)CC=CC(C)=CC(=O)OCC. The summed E-state index contributed by atoms with van der Waals surface area (Å²) in [5, 5.41) is 0. The van der Waals surface area contributed by atoms with Crippen molar-refractivity contribution in [3.63, 3.8) is 0 Å². The molecule has 2 heteroatoms. The molecule has 0 aliphatic rings. The van der Waals surface area contributed by atoms with Gasteiger partial charge < -0.3 is 4.74 Å². The summed E-state index contributed by atoms with van der Waals surface area (Å²) in [6.45, 7) is 12.4. The number of ether oxygens (including phenoxy) is 1. The number of hydrogen-bond donors (Lipinski definition) is 0. The maximum absolute atomic E-state index is 11.2. The zero-order chi connectivity index (χ0) is 14.7. The molecule has 0 aromatic rings. The van der Waals surface area contributed by atoms with Crippen molar-refractivity contribution in [2.45, 2.75) is 53.4 Å². The van der Waals surface area contributed by atoms with E-state index in [4.69, 9.17) is 4.74 Å². The molecule has 0 fully saturated rings. The van der Waals surface area contributed by atoms with E-state index >= 15 is 0 Å². The normalized spacial score (nSPS) is 13.6. The van der Waals surface area contributed by atoms with Crippen molar-refractivity contribution in [2.75, 3.05) is 6.61 Å². The van der Waals surface area contributed by atoms with Gasteiger partial charge in [0.15, 0.2) is 0 Å². The lowest BCUT2D eigenvalue weighted by Gasteiger charge is -2.08. The number of carbonyl (C=O) groups is 1. The number of carbonyl (C=O) groups excluding carboxylic acids is 1. The minimum absolute atomic E-state index is 0.265. The van der Waals surface area contributed by atoms with Crippen molar-refractivity contribution < 1.29 is 9.53 Å². The molecule has 0 bridgehead atoms. The van der Waals surface area contributed by atoms with Gasteiger partial charge in [-0.15, -0.1) is 6.58 Å². The molecule has 0 aromatic heterocycles. The Morgan fingerprint density at radius 3 is 2.63 bits per heavy atom. The zero-order valence-electron chi connectivity index (χ0n) is 12.9. The van der Waals surface area contributed by atoms with Crippen LogP contribution in [0.25, 0.3) is 0 Å². The number of hydrogen-bond acceptors (Lipinski definition) is 2. The van der Waals surface area contributed by atoms with Crippen LogP contribution in [-0.2, 0) is 9.53 Å². The molecule has 0 aliphatic heterocycles. The molecule has 1 unspecified atom stereocenters. The van der Waals surface area contributed by atoms with Crippen molar-refractivity contribution >= 4 is 5.97 Å². The van der Waals surface area contributed by atoms with Gasteiger partial charge in [0.25, 0.3) is 0 Å². The van der Waals surface area contributed by atoms with E-state index in [0.717, 1.165) is 18.4 Å². The lowest BCUT2D eigenvalue weighted by molar-refractivity contribution is -0.137. The summed E-state index contributed by atoms with van der Waals surface area (Å²) in [6, 6.07) is 0. The van der Waals surface area contributed by atoms with E-state index < -0.39 is 0 Å². The minimum Gasteiger partial charge on any atom is -0.463 e. The van der Waals surface area contributed by atoms with Gasteiger partial charge in [-0.1, -0.05) is 31.1 Å². The molecule has 0 rings (SSSR count). The Bertz CT molecular complexity index is 337. The van der Waals surface area contributed by atoms with Gasteiger partial charge in [0.2, 0.25) is 0 Å². The average Bonchev–Trinajstić information content (AvgIpc) is 2.28. The summed E-state index contributed by atoms with van der Waals surface area (Å²) >= 11 is 0. The third-order valence-corrected chi connectivity index (χ3v) is 2.85. The summed E-state index contributed by atoms with van der Waals surface area (Å²) in [6.07, 6.45) is 10.3. The predicted octanol–water partition coefficient (Wildman–Crippen LogP) is 4.82. The fraction of sp³-hybridized carbons (Fsp3) is 0.588. The van der Waals surface area contributed by atoms with Crippen molar-refractivity contribution in [1.82, 2.24) is 0 Å². The van der Waals surface area contributed by atoms with Crippen LogP contribution in [0.4, 0.5) is 0 Å². The molecule has 0 amide bonds. The molecular formula is C17H28O2. The van der Waals surface area contributed by atoms with Crippen molar-refractivity contribution in [3.05, 3.63) is 36.0 Å². The second-order valence-electron chi connectivity index (χ2n) is 5.23. The summed E-state index contributed by atoms with van der Waals surface area (Å²) in [7, 11) is 0. The zero-order valence-corrected chi connectivity index (χ0v) is 12.9. The topological polar surface area (TPSA) is 26.3 Å². The van der Waals surface area contributed by atoms with Gasteiger partial charge in [-0.05, 0) is 51.5 Å². The first-order valence-corrected chi connectivity index (χ1v) is 7.11. The lowest BCUT2D eigenvalue weighted by Crippen LogP contribution is -1.99. The van der Waals surface area contributed by atoms with Crippen molar-refractivity contribution in [1.29, 1.82) is 0 Å². The number of allylic oxidation sites excluding steroid dienone is 4. The Hall–Kier alpha value is -1.31. The van der Waals surface area contributed by atoms with E-state index in [1.807, 2.05) is 19.9 Å². The van der Waals surface area contributed by atoms with Crippen LogP contribution in [0.5, 0.6) is 0 Å². The van der Waals surface area contributed by atoms with Crippen LogP contribution in [0, 0.1) is 5.92 Å². The van der Waals surface area contributed by atoms with Gasteiger partial charge >= 0.3 is 5.97 Å². The second kappa shape index (κ2) is 10.6. The first-order chi connectivity index (χ1) is 8.95. The van der Waals surface area contributed by atoms with Crippen LogP contribution < -0.4 is 0 Å². The molecule has 0 aromatic carbocycles. The van der Waals surface area contributed by atoms with E-state index in [1.165, 1.54) is 24.5 Å². The van der Waals surface area contributed by atoms with Crippen LogP contribution in [0.15, 0.2) is 36.0 Å². The first-order valence-electron chi connectivity index (χ1n) is 7.11. The summed E-state index contributed by atoms with van der Waals surface area (Å²) < 4.78 is 4.86. The molecule has 0 spiro atoms. The van der Waals surface area contributed by atoms with E-state index in [1.54, 1.807) is 0 Å². The molecular weight excluding hydrogens is 236 g/mol. The fourth-order valence-corrected chi connectivity index (χ4v) is 1.77. The third-order valence-electron chi connectivity index (χ3n) is 2.85. The van der Waals surface area contributed by atoms with E-state index in [-0.39, 0.29) is 5.97 Å². The Balaban J connectivity index is 3.93. The minimum atomic E-state index is -0.265. The van der Waals surface area contributed by atoms with E-state index in [9.17, 15) is 4.79 Å². The second-order valence-corrected chi connectivity index (χ2v) is 5.23. The largest absolute Gasteiger partial charge is 0.463 e. The molecule has 0 heterocycles. The van der Waals surface area contributed by atoms with E-state index in [0.29, 0.717) is 12.5 Å². The van der Waals surface area contributed by atoms with Crippen molar-refractivity contribution in [3.8, 4) is 0 Å². The highest BCUT2D eigenvalue weighted by atomic mass is 16.5. The van der Waals surface area contributed by atoms with Gasteiger partial charge in [-0.3, -0.25) is 0 Å². The highest BCUT2D eigenvalue weighted by Gasteiger charge is 2.00.